The van der Waals surface area contributed by atoms with Crippen LogP contribution in [0.4, 0.5) is 5.69 Å². The summed E-state index contributed by atoms with van der Waals surface area (Å²) in [5.41, 5.74) is 0.984. The van der Waals surface area contributed by atoms with Crippen molar-refractivity contribution in [1.29, 1.82) is 5.26 Å². The highest BCUT2D eigenvalue weighted by molar-refractivity contribution is 7.12. The van der Waals surface area contributed by atoms with Gasteiger partial charge in [0.1, 0.15) is 0 Å². The van der Waals surface area contributed by atoms with Gasteiger partial charge in [0, 0.05) is 12.1 Å². The minimum Gasteiger partial charge on any atom is -0.456 e. The number of benzene rings is 1. The number of hydrogen-bond donors (Lipinski definition) is 1. The lowest BCUT2D eigenvalue weighted by atomic mass is 10.2. The molecular weight excluding hydrogens is 328 g/mol. The average molecular weight is 342 g/mol. The molecule has 1 aromatic carbocycles. The number of nitriles is 1. The quantitative estimate of drug-likeness (QED) is 0.616. The third-order valence-electron chi connectivity index (χ3n) is 3.01. The molecule has 2 rings (SSSR count). The van der Waals surface area contributed by atoms with E-state index in [0.717, 1.165) is 0 Å². The maximum Gasteiger partial charge on any atom is 0.306 e. The molecule has 1 heterocycles. The third-order valence-corrected chi connectivity index (χ3v) is 3.93. The van der Waals surface area contributed by atoms with Crippen LogP contribution in [0, 0.1) is 11.3 Å². The minimum atomic E-state index is -0.602. The van der Waals surface area contributed by atoms with Crippen LogP contribution in [0.1, 0.15) is 28.1 Å². The summed E-state index contributed by atoms with van der Waals surface area (Å²) in [6, 6.07) is 11.7. The van der Waals surface area contributed by atoms with E-state index in [1.54, 1.807) is 41.8 Å². The second kappa shape index (κ2) is 8.60. The van der Waals surface area contributed by atoms with Crippen molar-refractivity contribution in [3.63, 3.8) is 0 Å². The fourth-order valence-electron chi connectivity index (χ4n) is 1.82. The maximum absolute atomic E-state index is 11.7. The molecule has 0 saturated carbocycles. The molecule has 0 bridgehead atoms. The van der Waals surface area contributed by atoms with Crippen LogP contribution in [0.25, 0.3) is 0 Å². The number of carbonyl (C=O) groups is 3. The van der Waals surface area contributed by atoms with Crippen LogP contribution in [-0.2, 0) is 14.3 Å². The molecule has 0 aliphatic heterocycles. The summed E-state index contributed by atoms with van der Waals surface area (Å²) in [4.78, 5) is 35.6. The van der Waals surface area contributed by atoms with Crippen LogP contribution >= 0.6 is 11.3 Å². The first kappa shape index (κ1) is 17.4. The van der Waals surface area contributed by atoms with Crippen molar-refractivity contribution >= 4 is 34.7 Å². The monoisotopic (exact) mass is 342 g/mol. The molecule has 122 valence electrons. The van der Waals surface area contributed by atoms with E-state index in [1.165, 1.54) is 11.3 Å². The Morgan fingerprint density at radius 2 is 1.88 bits per heavy atom. The molecule has 0 fully saturated rings. The highest BCUT2D eigenvalue weighted by atomic mass is 32.1. The van der Waals surface area contributed by atoms with Gasteiger partial charge in [0.2, 0.25) is 0 Å². The molecule has 1 aromatic heterocycles. The molecule has 0 atom stereocenters. The summed E-state index contributed by atoms with van der Waals surface area (Å²) in [6.45, 7) is -0.425. The number of Topliss-reactive ketones (excluding diaryl/α,β-unsaturated/α-hetero) is 1. The molecule has 0 saturated heterocycles. The van der Waals surface area contributed by atoms with Gasteiger partial charge in [0.15, 0.2) is 12.4 Å². The lowest BCUT2D eigenvalue weighted by molar-refractivity contribution is -0.147. The number of nitrogens with one attached hydrogen (secondary N) is 1. The van der Waals surface area contributed by atoms with E-state index in [2.05, 4.69) is 5.32 Å². The first-order valence-electron chi connectivity index (χ1n) is 7.11. The molecule has 7 heteroatoms. The van der Waals surface area contributed by atoms with Gasteiger partial charge in [0.05, 0.1) is 22.9 Å². The summed E-state index contributed by atoms with van der Waals surface area (Å²) >= 11 is 1.32. The van der Waals surface area contributed by atoms with Crippen LogP contribution in [0.3, 0.4) is 0 Å². The number of amides is 1. The predicted molar refractivity (Wildman–Crippen MR) is 88.6 cm³/mol. The SMILES string of the molecule is N#Cc1ccc(NC(=O)COC(=O)CCC(=O)c2cccs2)cc1. The van der Waals surface area contributed by atoms with E-state index in [1.807, 2.05) is 6.07 Å². The standard InChI is InChI=1S/C17H14N2O4S/c18-10-12-3-5-13(6-4-12)19-16(21)11-23-17(22)8-7-14(20)15-2-1-9-24-15/h1-6,9H,7-8,11H2,(H,19,21). The minimum absolute atomic E-state index is 0.0522. The Labute approximate surface area is 142 Å². The van der Waals surface area contributed by atoms with Gasteiger partial charge in [-0.05, 0) is 35.7 Å². The third kappa shape index (κ3) is 5.34. The van der Waals surface area contributed by atoms with E-state index in [0.29, 0.717) is 16.1 Å². The zero-order valence-electron chi connectivity index (χ0n) is 12.7. The molecule has 6 nitrogen and oxygen atoms in total. The second-order valence-electron chi connectivity index (χ2n) is 4.80. The normalized spacial score (nSPS) is 9.79. The van der Waals surface area contributed by atoms with Crippen LogP contribution in [0.2, 0.25) is 0 Å². The Morgan fingerprint density at radius 3 is 2.50 bits per heavy atom. The lowest BCUT2D eigenvalue weighted by Crippen LogP contribution is -2.21. The van der Waals surface area contributed by atoms with Gasteiger partial charge in [-0.15, -0.1) is 11.3 Å². The number of carbonyl (C=O) groups excluding carboxylic acids is 3. The molecule has 0 unspecified atom stereocenters. The van der Waals surface area contributed by atoms with E-state index in [9.17, 15) is 14.4 Å². The number of nitrogens with zero attached hydrogens (tertiary/aromatic N) is 1. The zero-order valence-corrected chi connectivity index (χ0v) is 13.5. The Kier molecular flexibility index (Phi) is 6.23. The zero-order chi connectivity index (χ0) is 17.4. The first-order valence-corrected chi connectivity index (χ1v) is 7.99. The molecule has 0 radical (unpaired) electrons. The molecule has 0 aliphatic rings. The summed E-state index contributed by atoms with van der Waals surface area (Å²) in [6.07, 6.45) is -0.0164. The van der Waals surface area contributed by atoms with E-state index >= 15 is 0 Å². The van der Waals surface area contributed by atoms with Crippen LogP contribution < -0.4 is 5.32 Å². The Balaban J connectivity index is 1.70. The lowest BCUT2D eigenvalue weighted by Gasteiger charge is -2.06. The van der Waals surface area contributed by atoms with Crippen molar-refractivity contribution < 1.29 is 19.1 Å². The summed E-state index contributed by atoms with van der Waals surface area (Å²) in [5, 5.41) is 13.0. The fourth-order valence-corrected chi connectivity index (χ4v) is 2.51. The first-order chi connectivity index (χ1) is 11.6. The number of rotatable bonds is 7. The Hall–Kier alpha value is -2.98. The maximum atomic E-state index is 11.7. The van der Waals surface area contributed by atoms with Crippen LogP contribution in [0.15, 0.2) is 41.8 Å². The summed E-state index contributed by atoms with van der Waals surface area (Å²) < 4.78 is 4.84. The highest BCUT2D eigenvalue weighted by Gasteiger charge is 2.12. The largest absolute Gasteiger partial charge is 0.456 e. The van der Waals surface area contributed by atoms with Gasteiger partial charge in [-0.2, -0.15) is 5.26 Å². The summed E-state index contributed by atoms with van der Waals surface area (Å²) in [5.74, 6) is -1.21. The molecule has 1 amide bonds. The number of esters is 1. The predicted octanol–water partition coefficient (Wildman–Crippen LogP) is 2.76. The van der Waals surface area contributed by atoms with E-state index in [4.69, 9.17) is 10.00 Å². The van der Waals surface area contributed by atoms with Crippen molar-refractivity contribution in [3.05, 3.63) is 52.2 Å². The molecule has 2 aromatic rings. The molecule has 0 spiro atoms. The fraction of sp³-hybridized carbons (Fsp3) is 0.176. The van der Waals surface area contributed by atoms with Gasteiger partial charge in [-0.3, -0.25) is 14.4 Å². The average Bonchev–Trinajstić information content (AvgIpc) is 3.13. The molecule has 24 heavy (non-hydrogen) atoms. The van der Waals surface area contributed by atoms with E-state index < -0.39 is 18.5 Å². The number of ketones is 1. The second-order valence-corrected chi connectivity index (χ2v) is 5.75. The van der Waals surface area contributed by atoms with Gasteiger partial charge < -0.3 is 10.1 Å². The highest BCUT2D eigenvalue weighted by Crippen LogP contribution is 2.12. The molecule has 1 N–H and O–H groups in total. The van der Waals surface area contributed by atoms with Gasteiger partial charge >= 0.3 is 5.97 Å². The van der Waals surface area contributed by atoms with Crippen molar-refractivity contribution in [2.75, 3.05) is 11.9 Å². The summed E-state index contributed by atoms with van der Waals surface area (Å²) in [7, 11) is 0. The van der Waals surface area contributed by atoms with Crippen molar-refractivity contribution in [2.24, 2.45) is 0 Å². The number of hydrogen-bond acceptors (Lipinski definition) is 6. The Morgan fingerprint density at radius 1 is 1.12 bits per heavy atom. The topological polar surface area (TPSA) is 96.3 Å². The van der Waals surface area contributed by atoms with Crippen LogP contribution in [-0.4, -0.2) is 24.3 Å². The Bertz CT molecular complexity index is 761. The number of thiophene rings is 1. The van der Waals surface area contributed by atoms with Crippen molar-refractivity contribution in [3.8, 4) is 6.07 Å². The van der Waals surface area contributed by atoms with E-state index in [-0.39, 0.29) is 18.6 Å². The van der Waals surface area contributed by atoms with Gasteiger partial charge in [-0.25, -0.2) is 0 Å². The van der Waals surface area contributed by atoms with Gasteiger partial charge in [-0.1, -0.05) is 6.07 Å². The van der Waals surface area contributed by atoms with Gasteiger partial charge in [0.25, 0.3) is 5.91 Å². The van der Waals surface area contributed by atoms with Crippen molar-refractivity contribution in [1.82, 2.24) is 0 Å². The molecular formula is C17H14N2O4S. The van der Waals surface area contributed by atoms with Crippen LogP contribution in [0.5, 0.6) is 0 Å². The number of ether oxygens (including phenoxy) is 1. The molecule has 0 aliphatic carbocycles. The van der Waals surface area contributed by atoms with Crippen molar-refractivity contribution in [2.45, 2.75) is 12.8 Å². The smallest absolute Gasteiger partial charge is 0.306 e. The number of anilines is 1.